The Morgan fingerprint density at radius 2 is 1.77 bits per heavy atom. The zero-order chi connectivity index (χ0) is 17.6. The maximum atomic E-state index is 12.3. The fraction of sp³-hybridized carbons (Fsp3) is 0.867. The number of ether oxygens (including phenoxy) is 1. The molecule has 22 heavy (non-hydrogen) atoms. The number of sulfone groups is 1. The van der Waals surface area contributed by atoms with Crippen molar-refractivity contribution in [2.24, 2.45) is 5.92 Å². The number of carbonyl (C=O) groups is 2. The zero-order valence-corrected chi connectivity index (χ0v) is 15.3. The summed E-state index contributed by atoms with van der Waals surface area (Å²) in [7, 11) is -1.82. The van der Waals surface area contributed by atoms with E-state index < -0.39 is 37.7 Å². The lowest BCUT2D eigenvalue weighted by molar-refractivity contribution is -0.120. The van der Waals surface area contributed by atoms with Crippen LogP contribution in [0.5, 0.6) is 0 Å². The Morgan fingerprint density at radius 3 is 2.09 bits per heavy atom. The molecule has 1 saturated heterocycles. The molecule has 0 aromatic rings. The van der Waals surface area contributed by atoms with E-state index in [1.54, 1.807) is 41.5 Å². The van der Waals surface area contributed by atoms with Gasteiger partial charge in [0.15, 0.2) is 9.84 Å². The summed E-state index contributed by atoms with van der Waals surface area (Å²) in [5.74, 6) is -0.462. The minimum atomic E-state index is -3.30. The normalized spacial score (nSPS) is 26.0. The van der Waals surface area contributed by atoms with Crippen LogP contribution < -0.4 is 0 Å². The number of rotatable bonds is 3. The number of hydrogen-bond donors (Lipinski definition) is 0. The van der Waals surface area contributed by atoms with Gasteiger partial charge in [-0.05, 0) is 48.0 Å². The van der Waals surface area contributed by atoms with Gasteiger partial charge in [0.25, 0.3) is 0 Å². The second-order valence-corrected chi connectivity index (χ2v) is 10.3. The van der Waals surface area contributed by atoms with Gasteiger partial charge in [-0.2, -0.15) is 0 Å². The molecule has 0 radical (unpaired) electrons. The Balaban J connectivity index is 3.17. The highest BCUT2D eigenvalue weighted by Gasteiger charge is 2.57. The molecule has 0 spiro atoms. The standard InChI is InChI=1S/C15H27NO5S/c1-13(2,3)21-12(18)16(7)15(6,10-17)11-8-9-22(19,20)14(11,4)5/h10-11H,8-9H2,1-7H3. The molecule has 0 aromatic carbocycles. The molecule has 1 aliphatic heterocycles. The van der Waals surface area contributed by atoms with Crippen molar-refractivity contribution in [3.63, 3.8) is 0 Å². The Hall–Kier alpha value is -1.11. The van der Waals surface area contributed by atoms with E-state index in [1.165, 1.54) is 11.9 Å². The lowest BCUT2D eigenvalue weighted by Gasteiger charge is -2.43. The summed E-state index contributed by atoms with van der Waals surface area (Å²) in [6.07, 6.45) is 0.365. The molecular formula is C15H27NO5S. The molecule has 7 heteroatoms. The van der Waals surface area contributed by atoms with Crippen molar-refractivity contribution in [2.75, 3.05) is 12.8 Å². The van der Waals surface area contributed by atoms with Gasteiger partial charge in [0, 0.05) is 13.0 Å². The van der Waals surface area contributed by atoms with E-state index in [9.17, 15) is 18.0 Å². The summed E-state index contributed by atoms with van der Waals surface area (Å²) in [6, 6.07) is 0. The molecule has 2 unspecified atom stereocenters. The van der Waals surface area contributed by atoms with Gasteiger partial charge in [-0.1, -0.05) is 0 Å². The molecule has 6 nitrogen and oxygen atoms in total. The van der Waals surface area contributed by atoms with Crippen LogP contribution in [-0.4, -0.2) is 54.4 Å². The quantitative estimate of drug-likeness (QED) is 0.738. The van der Waals surface area contributed by atoms with Crippen LogP contribution in [0.2, 0.25) is 0 Å². The summed E-state index contributed by atoms with van der Waals surface area (Å²) in [6.45, 7) is 10.0. The predicted molar refractivity (Wildman–Crippen MR) is 84.4 cm³/mol. The third-order valence-corrected chi connectivity index (χ3v) is 7.31. The first-order valence-corrected chi connectivity index (χ1v) is 9.00. The molecule has 0 bridgehead atoms. The second kappa shape index (κ2) is 5.51. The zero-order valence-electron chi connectivity index (χ0n) is 14.5. The lowest BCUT2D eigenvalue weighted by atomic mass is 9.76. The van der Waals surface area contributed by atoms with E-state index in [0.717, 1.165) is 0 Å². The van der Waals surface area contributed by atoms with E-state index >= 15 is 0 Å². The van der Waals surface area contributed by atoms with Crippen LogP contribution >= 0.6 is 0 Å². The topological polar surface area (TPSA) is 80.8 Å². The van der Waals surface area contributed by atoms with Crippen LogP contribution in [-0.2, 0) is 19.4 Å². The lowest BCUT2D eigenvalue weighted by Crippen LogP contribution is -2.59. The number of aldehydes is 1. The van der Waals surface area contributed by atoms with E-state index in [2.05, 4.69) is 0 Å². The SMILES string of the molecule is CN(C(=O)OC(C)(C)C)C(C)(C=O)C1CCS(=O)(=O)C1(C)C. The van der Waals surface area contributed by atoms with Crippen molar-refractivity contribution in [1.82, 2.24) is 4.90 Å². The van der Waals surface area contributed by atoms with Gasteiger partial charge in [-0.3, -0.25) is 4.90 Å². The summed E-state index contributed by atoms with van der Waals surface area (Å²) >= 11 is 0. The smallest absolute Gasteiger partial charge is 0.410 e. The molecule has 128 valence electrons. The van der Waals surface area contributed by atoms with Crippen molar-refractivity contribution in [1.29, 1.82) is 0 Å². The first-order valence-electron chi connectivity index (χ1n) is 7.34. The second-order valence-electron chi connectivity index (χ2n) is 7.65. The van der Waals surface area contributed by atoms with E-state index in [-0.39, 0.29) is 5.75 Å². The third-order valence-electron chi connectivity index (χ3n) is 4.65. The van der Waals surface area contributed by atoms with Gasteiger partial charge in [0.05, 0.1) is 10.5 Å². The Bertz CT molecular complexity index is 561. The van der Waals surface area contributed by atoms with Crippen LogP contribution in [0, 0.1) is 5.92 Å². The third kappa shape index (κ3) is 3.14. The highest BCUT2D eigenvalue weighted by molar-refractivity contribution is 7.93. The molecule has 1 amide bonds. The van der Waals surface area contributed by atoms with E-state index in [4.69, 9.17) is 4.74 Å². The molecular weight excluding hydrogens is 306 g/mol. The molecule has 1 rings (SSSR count). The molecule has 1 heterocycles. The van der Waals surface area contributed by atoms with Gasteiger partial charge in [-0.25, -0.2) is 13.2 Å². The predicted octanol–water partition coefficient (Wildman–Crippen LogP) is 2.02. The Labute approximate surface area is 133 Å². The summed E-state index contributed by atoms with van der Waals surface area (Å²) in [5.41, 5.74) is -1.93. The minimum Gasteiger partial charge on any atom is -0.444 e. The molecule has 1 fully saturated rings. The number of nitrogens with zero attached hydrogens (tertiary/aromatic N) is 1. The molecule has 1 aliphatic rings. The number of hydrogen-bond acceptors (Lipinski definition) is 5. The Kier molecular flexibility index (Phi) is 4.74. The number of amides is 1. The van der Waals surface area contributed by atoms with Crippen LogP contribution in [0.15, 0.2) is 0 Å². The van der Waals surface area contributed by atoms with Gasteiger partial charge >= 0.3 is 6.09 Å². The molecule has 0 aromatic heterocycles. The van der Waals surface area contributed by atoms with Crippen LogP contribution in [0.3, 0.4) is 0 Å². The highest BCUT2D eigenvalue weighted by Crippen LogP contribution is 2.44. The average Bonchev–Trinajstić information content (AvgIpc) is 2.55. The largest absolute Gasteiger partial charge is 0.444 e. The van der Waals surface area contributed by atoms with E-state index in [1.807, 2.05) is 0 Å². The van der Waals surface area contributed by atoms with Gasteiger partial charge in [0.2, 0.25) is 0 Å². The highest BCUT2D eigenvalue weighted by atomic mass is 32.2. The molecule has 0 aliphatic carbocycles. The number of carbonyl (C=O) groups excluding carboxylic acids is 2. The number of likely N-dealkylation sites (N-methyl/N-ethyl adjacent to an activating group) is 1. The summed E-state index contributed by atoms with van der Waals surface area (Å²) in [5, 5.41) is 0. The minimum absolute atomic E-state index is 0.0241. The van der Waals surface area contributed by atoms with Crippen molar-refractivity contribution in [2.45, 2.75) is 63.9 Å². The first-order chi connectivity index (χ1) is 9.69. The summed E-state index contributed by atoms with van der Waals surface area (Å²) < 4.78 is 28.7. The van der Waals surface area contributed by atoms with Crippen molar-refractivity contribution in [3.05, 3.63) is 0 Å². The maximum Gasteiger partial charge on any atom is 0.410 e. The van der Waals surface area contributed by atoms with Gasteiger partial charge in [0.1, 0.15) is 17.4 Å². The average molecular weight is 333 g/mol. The van der Waals surface area contributed by atoms with Gasteiger partial charge in [-0.15, -0.1) is 0 Å². The molecule has 2 atom stereocenters. The fourth-order valence-corrected chi connectivity index (χ4v) is 4.88. The molecule has 0 saturated carbocycles. The van der Waals surface area contributed by atoms with E-state index in [0.29, 0.717) is 12.7 Å². The van der Waals surface area contributed by atoms with Crippen LogP contribution in [0.1, 0.15) is 48.0 Å². The Morgan fingerprint density at radius 1 is 1.27 bits per heavy atom. The molecule has 0 N–H and O–H groups in total. The van der Waals surface area contributed by atoms with Crippen LogP contribution in [0.25, 0.3) is 0 Å². The van der Waals surface area contributed by atoms with Gasteiger partial charge < -0.3 is 9.53 Å². The maximum absolute atomic E-state index is 12.3. The summed E-state index contributed by atoms with van der Waals surface area (Å²) in [4.78, 5) is 25.3. The van der Waals surface area contributed by atoms with Crippen molar-refractivity contribution < 1.29 is 22.7 Å². The van der Waals surface area contributed by atoms with Crippen molar-refractivity contribution in [3.8, 4) is 0 Å². The first kappa shape index (κ1) is 18.9. The fourth-order valence-electron chi connectivity index (χ4n) is 3.02. The van der Waals surface area contributed by atoms with Crippen LogP contribution in [0.4, 0.5) is 4.79 Å². The van der Waals surface area contributed by atoms with Crippen molar-refractivity contribution >= 4 is 22.2 Å². The monoisotopic (exact) mass is 333 g/mol.